The van der Waals surface area contributed by atoms with Crippen molar-refractivity contribution in [3.8, 4) is 11.3 Å². The number of carbonyl (C=O) groups is 1. The Hall–Kier alpha value is -3.74. The Balaban J connectivity index is 1.51. The molecule has 0 bridgehead atoms. The van der Waals surface area contributed by atoms with E-state index in [1.807, 2.05) is 49.4 Å². The van der Waals surface area contributed by atoms with E-state index in [9.17, 15) is 9.59 Å². The molecule has 32 heavy (non-hydrogen) atoms. The van der Waals surface area contributed by atoms with Crippen LogP contribution in [0.2, 0.25) is 0 Å². The number of benzene rings is 2. The molecule has 4 aromatic rings. The summed E-state index contributed by atoms with van der Waals surface area (Å²) in [5.41, 5.74) is 5.70. The Bertz CT molecular complexity index is 1320. The summed E-state index contributed by atoms with van der Waals surface area (Å²) in [5.74, 6) is -0.157. The van der Waals surface area contributed by atoms with Crippen molar-refractivity contribution in [3.63, 3.8) is 0 Å². The summed E-state index contributed by atoms with van der Waals surface area (Å²) in [4.78, 5) is 29.8. The monoisotopic (exact) mass is 430 g/mol. The molecule has 0 aliphatic carbocycles. The SMILES string of the molecule is CCc1ccc(-c2noc3c(=O)n(CCC(=O)Nc4c(C)cccc4CC)cnc23)cc1. The van der Waals surface area contributed by atoms with E-state index < -0.39 is 0 Å². The molecule has 0 spiro atoms. The van der Waals surface area contributed by atoms with Crippen molar-refractivity contribution >= 4 is 22.7 Å². The molecule has 0 atom stereocenters. The van der Waals surface area contributed by atoms with Gasteiger partial charge in [-0.05, 0) is 36.5 Å². The van der Waals surface area contributed by atoms with E-state index in [0.717, 1.165) is 35.2 Å². The third-order valence-electron chi connectivity index (χ3n) is 5.67. The Morgan fingerprint density at radius 3 is 2.59 bits per heavy atom. The minimum absolute atomic E-state index is 0.0923. The molecule has 0 unspecified atom stereocenters. The van der Waals surface area contributed by atoms with E-state index in [1.165, 1.54) is 16.5 Å². The first-order chi connectivity index (χ1) is 15.5. The number of aryl methyl sites for hydroxylation is 4. The number of fused-ring (bicyclic) bond motifs is 1. The maximum atomic E-state index is 12.9. The van der Waals surface area contributed by atoms with Crippen molar-refractivity contribution in [1.82, 2.24) is 14.7 Å². The number of hydrogen-bond acceptors (Lipinski definition) is 5. The van der Waals surface area contributed by atoms with Crippen molar-refractivity contribution in [2.75, 3.05) is 5.32 Å². The predicted molar refractivity (Wildman–Crippen MR) is 125 cm³/mol. The van der Waals surface area contributed by atoms with Gasteiger partial charge < -0.3 is 9.84 Å². The van der Waals surface area contributed by atoms with E-state index in [-0.39, 0.29) is 30.0 Å². The van der Waals surface area contributed by atoms with Gasteiger partial charge in [0.2, 0.25) is 5.91 Å². The van der Waals surface area contributed by atoms with E-state index >= 15 is 0 Å². The van der Waals surface area contributed by atoms with Gasteiger partial charge in [-0.15, -0.1) is 0 Å². The number of rotatable bonds is 7. The molecule has 0 saturated carbocycles. The Morgan fingerprint density at radius 2 is 1.88 bits per heavy atom. The van der Waals surface area contributed by atoms with Crippen LogP contribution in [0.15, 0.2) is 58.1 Å². The molecular formula is C25H26N4O3. The molecule has 1 N–H and O–H groups in total. The Kier molecular flexibility index (Phi) is 6.16. The summed E-state index contributed by atoms with van der Waals surface area (Å²) in [5, 5.41) is 7.05. The average molecular weight is 431 g/mol. The van der Waals surface area contributed by atoms with Gasteiger partial charge in [-0.25, -0.2) is 4.98 Å². The third kappa shape index (κ3) is 4.19. The first-order valence-electron chi connectivity index (χ1n) is 10.8. The Morgan fingerprint density at radius 1 is 1.09 bits per heavy atom. The molecule has 7 heteroatoms. The lowest BCUT2D eigenvalue weighted by Crippen LogP contribution is -2.23. The highest BCUT2D eigenvalue weighted by Gasteiger charge is 2.17. The molecular weight excluding hydrogens is 404 g/mol. The summed E-state index contributed by atoms with van der Waals surface area (Å²) < 4.78 is 6.72. The minimum Gasteiger partial charge on any atom is -0.348 e. The van der Waals surface area contributed by atoms with E-state index in [1.54, 1.807) is 0 Å². The van der Waals surface area contributed by atoms with Crippen molar-refractivity contribution in [1.29, 1.82) is 0 Å². The summed E-state index contributed by atoms with van der Waals surface area (Å²) in [6.07, 6.45) is 3.36. The summed E-state index contributed by atoms with van der Waals surface area (Å²) >= 11 is 0. The number of carbonyl (C=O) groups excluding carboxylic acids is 1. The van der Waals surface area contributed by atoms with Gasteiger partial charge in [-0.3, -0.25) is 14.2 Å². The number of nitrogens with zero attached hydrogens (tertiary/aromatic N) is 3. The van der Waals surface area contributed by atoms with Crippen LogP contribution in [0.4, 0.5) is 5.69 Å². The smallest absolute Gasteiger partial charge is 0.299 e. The van der Waals surface area contributed by atoms with Gasteiger partial charge >= 0.3 is 0 Å². The van der Waals surface area contributed by atoms with E-state index in [2.05, 4.69) is 29.3 Å². The molecule has 0 radical (unpaired) electrons. The number of amides is 1. The van der Waals surface area contributed by atoms with Crippen LogP contribution < -0.4 is 10.9 Å². The first kappa shape index (κ1) is 21.5. The fraction of sp³-hybridized carbons (Fsp3) is 0.280. The van der Waals surface area contributed by atoms with Gasteiger partial charge in [0.1, 0.15) is 11.2 Å². The zero-order valence-corrected chi connectivity index (χ0v) is 18.5. The lowest BCUT2D eigenvalue weighted by atomic mass is 10.1. The van der Waals surface area contributed by atoms with Gasteiger partial charge in [0, 0.05) is 24.2 Å². The lowest BCUT2D eigenvalue weighted by molar-refractivity contribution is -0.116. The van der Waals surface area contributed by atoms with Gasteiger partial charge in [0.25, 0.3) is 11.1 Å². The highest BCUT2D eigenvalue weighted by molar-refractivity contribution is 5.92. The number of para-hydroxylation sites is 1. The quantitative estimate of drug-likeness (QED) is 0.466. The molecule has 2 aromatic heterocycles. The standard InChI is InChI=1S/C25H26N4O3/c1-4-17-9-11-19(12-10-17)22-23-24(32-28-22)25(31)29(15-26-23)14-13-20(30)27-21-16(3)7-6-8-18(21)5-2/h6-12,15H,4-5,13-14H2,1-3H3,(H,27,30). The summed E-state index contributed by atoms with van der Waals surface area (Å²) in [6.45, 7) is 6.31. The second kappa shape index (κ2) is 9.18. The molecule has 0 aliphatic rings. The largest absolute Gasteiger partial charge is 0.348 e. The molecule has 0 fully saturated rings. The average Bonchev–Trinajstić information content (AvgIpc) is 3.25. The van der Waals surface area contributed by atoms with Crippen LogP contribution in [0.1, 0.15) is 37.0 Å². The molecule has 0 aliphatic heterocycles. The van der Waals surface area contributed by atoms with Crippen LogP contribution in [0.25, 0.3) is 22.4 Å². The number of nitrogens with one attached hydrogen (secondary N) is 1. The topological polar surface area (TPSA) is 90.0 Å². The Labute approximate surface area is 186 Å². The van der Waals surface area contributed by atoms with Gasteiger partial charge in [-0.1, -0.05) is 61.5 Å². The van der Waals surface area contributed by atoms with Crippen LogP contribution in [0.5, 0.6) is 0 Å². The summed E-state index contributed by atoms with van der Waals surface area (Å²) in [7, 11) is 0. The van der Waals surface area contributed by atoms with E-state index in [4.69, 9.17) is 4.52 Å². The maximum absolute atomic E-state index is 12.9. The molecule has 2 heterocycles. The second-order valence-electron chi connectivity index (χ2n) is 7.76. The molecule has 2 aromatic carbocycles. The van der Waals surface area contributed by atoms with Gasteiger partial charge in [-0.2, -0.15) is 0 Å². The van der Waals surface area contributed by atoms with Crippen LogP contribution in [-0.4, -0.2) is 20.6 Å². The maximum Gasteiger partial charge on any atom is 0.299 e. The van der Waals surface area contributed by atoms with Crippen LogP contribution >= 0.6 is 0 Å². The van der Waals surface area contributed by atoms with Crippen LogP contribution in [0.3, 0.4) is 0 Å². The zero-order chi connectivity index (χ0) is 22.7. The predicted octanol–water partition coefficient (Wildman–Crippen LogP) is 4.51. The number of aromatic nitrogens is 3. The third-order valence-corrected chi connectivity index (χ3v) is 5.67. The molecule has 4 rings (SSSR count). The van der Waals surface area contributed by atoms with Gasteiger partial charge in [0.15, 0.2) is 0 Å². The van der Waals surface area contributed by atoms with Crippen molar-refractivity contribution in [2.45, 2.75) is 46.6 Å². The first-order valence-corrected chi connectivity index (χ1v) is 10.8. The fourth-order valence-corrected chi connectivity index (χ4v) is 3.73. The number of anilines is 1. The van der Waals surface area contributed by atoms with Crippen molar-refractivity contribution < 1.29 is 9.32 Å². The van der Waals surface area contributed by atoms with Gasteiger partial charge in [0.05, 0.1) is 6.33 Å². The molecule has 164 valence electrons. The van der Waals surface area contributed by atoms with Crippen LogP contribution in [-0.2, 0) is 24.2 Å². The molecule has 1 amide bonds. The van der Waals surface area contributed by atoms with Crippen LogP contribution in [0, 0.1) is 6.92 Å². The second-order valence-corrected chi connectivity index (χ2v) is 7.76. The zero-order valence-electron chi connectivity index (χ0n) is 18.5. The highest BCUT2D eigenvalue weighted by atomic mass is 16.5. The molecule has 7 nitrogen and oxygen atoms in total. The van der Waals surface area contributed by atoms with Crippen molar-refractivity contribution in [3.05, 3.63) is 75.8 Å². The lowest BCUT2D eigenvalue weighted by Gasteiger charge is -2.13. The number of hydrogen-bond donors (Lipinski definition) is 1. The highest BCUT2D eigenvalue weighted by Crippen LogP contribution is 2.25. The normalized spacial score (nSPS) is 11.1. The summed E-state index contributed by atoms with van der Waals surface area (Å²) in [6, 6.07) is 13.9. The van der Waals surface area contributed by atoms with E-state index in [0.29, 0.717) is 11.2 Å². The van der Waals surface area contributed by atoms with Crippen molar-refractivity contribution in [2.24, 2.45) is 0 Å². The fourth-order valence-electron chi connectivity index (χ4n) is 3.73. The molecule has 0 saturated heterocycles. The minimum atomic E-state index is -0.350.